The number of imidazole rings is 1. The van der Waals surface area contributed by atoms with Crippen LogP contribution in [0.2, 0.25) is 0 Å². The van der Waals surface area contributed by atoms with Gasteiger partial charge in [-0.3, -0.25) is 4.57 Å². The highest BCUT2D eigenvalue weighted by atomic mass is 79.9. The summed E-state index contributed by atoms with van der Waals surface area (Å²) in [6.07, 6.45) is 1.74. The molecule has 18 heavy (non-hydrogen) atoms. The summed E-state index contributed by atoms with van der Waals surface area (Å²) in [7, 11) is 0. The van der Waals surface area contributed by atoms with Crippen LogP contribution in [0.3, 0.4) is 0 Å². The molecule has 0 aliphatic heterocycles. The molecule has 2 aromatic heterocycles. The number of halogens is 1. The summed E-state index contributed by atoms with van der Waals surface area (Å²) in [4.78, 5) is 8.67. The Morgan fingerprint density at radius 1 is 1.22 bits per heavy atom. The van der Waals surface area contributed by atoms with Crippen LogP contribution >= 0.6 is 15.9 Å². The first kappa shape index (κ1) is 11.2. The van der Waals surface area contributed by atoms with E-state index in [1.54, 1.807) is 6.20 Å². The van der Waals surface area contributed by atoms with E-state index in [9.17, 15) is 0 Å². The van der Waals surface area contributed by atoms with Gasteiger partial charge in [0.15, 0.2) is 5.65 Å². The number of benzene rings is 1. The number of rotatable bonds is 1. The predicted octanol–water partition coefficient (Wildman–Crippen LogP) is 3.07. The highest BCUT2D eigenvalue weighted by Crippen LogP contribution is 2.29. The molecular formula is C13H11BrN4. The van der Waals surface area contributed by atoms with Crippen LogP contribution in [0.15, 0.2) is 41.0 Å². The number of aromatic nitrogens is 3. The number of anilines is 1. The zero-order valence-electron chi connectivity index (χ0n) is 9.76. The third-order valence-corrected chi connectivity index (χ3v) is 3.89. The van der Waals surface area contributed by atoms with Gasteiger partial charge in [-0.05, 0) is 46.6 Å². The number of hydrogen-bond donors (Lipinski definition) is 1. The third-order valence-electron chi connectivity index (χ3n) is 2.85. The Balaban J connectivity index is 2.38. The minimum atomic E-state index is 0.440. The van der Waals surface area contributed by atoms with E-state index in [1.165, 1.54) is 0 Å². The van der Waals surface area contributed by atoms with E-state index in [0.29, 0.717) is 5.95 Å². The lowest BCUT2D eigenvalue weighted by molar-refractivity contribution is 1.07. The van der Waals surface area contributed by atoms with Gasteiger partial charge in [-0.25, -0.2) is 9.97 Å². The highest BCUT2D eigenvalue weighted by molar-refractivity contribution is 9.10. The lowest BCUT2D eigenvalue weighted by atomic mass is 10.2. The molecule has 5 heteroatoms. The molecule has 0 unspecified atom stereocenters. The number of nitrogens with two attached hydrogens (primary N) is 1. The molecule has 90 valence electrons. The Hall–Kier alpha value is -1.88. The fraction of sp³-hybridized carbons (Fsp3) is 0.0769. The van der Waals surface area contributed by atoms with E-state index < -0.39 is 0 Å². The van der Waals surface area contributed by atoms with E-state index >= 15 is 0 Å². The van der Waals surface area contributed by atoms with Gasteiger partial charge in [-0.2, -0.15) is 0 Å². The Labute approximate surface area is 113 Å². The maximum absolute atomic E-state index is 6.00. The summed E-state index contributed by atoms with van der Waals surface area (Å²) in [6, 6.07) is 9.77. The summed E-state index contributed by atoms with van der Waals surface area (Å²) >= 11 is 3.59. The van der Waals surface area contributed by atoms with Crippen molar-refractivity contribution in [2.45, 2.75) is 6.92 Å². The van der Waals surface area contributed by atoms with E-state index in [1.807, 2.05) is 41.8 Å². The fourth-order valence-corrected chi connectivity index (χ4v) is 2.41. The monoisotopic (exact) mass is 302 g/mol. The van der Waals surface area contributed by atoms with E-state index in [-0.39, 0.29) is 0 Å². The second-order valence-electron chi connectivity index (χ2n) is 4.06. The molecule has 2 N–H and O–H groups in total. The van der Waals surface area contributed by atoms with Crippen molar-refractivity contribution >= 4 is 33.0 Å². The highest BCUT2D eigenvalue weighted by Gasteiger charge is 2.13. The molecular weight excluding hydrogens is 292 g/mol. The second-order valence-corrected chi connectivity index (χ2v) is 4.85. The lowest BCUT2D eigenvalue weighted by Crippen LogP contribution is -2.02. The summed E-state index contributed by atoms with van der Waals surface area (Å²) in [6.45, 7) is 2.04. The number of pyridine rings is 1. The molecule has 0 radical (unpaired) electrons. The Morgan fingerprint density at radius 3 is 2.89 bits per heavy atom. The maximum atomic E-state index is 6.00. The van der Waals surface area contributed by atoms with Crippen LogP contribution in [0.5, 0.6) is 0 Å². The maximum Gasteiger partial charge on any atom is 0.207 e. The Kier molecular flexibility index (Phi) is 2.56. The van der Waals surface area contributed by atoms with E-state index in [4.69, 9.17) is 5.73 Å². The van der Waals surface area contributed by atoms with Crippen molar-refractivity contribution in [3.63, 3.8) is 0 Å². The predicted molar refractivity (Wildman–Crippen MR) is 75.7 cm³/mol. The van der Waals surface area contributed by atoms with Gasteiger partial charge in [0.05, 0.1) is 5.69 Å². The van der Waals surface area contributed by atoms with Gasteiger partial charge < -0.3 is 5.73 Å². The summed E-state index contributed by atoms with van der Waals surface area (Å²) in [5.41, 5.74) is 9.65. The SMILES string of the molecule is Cc1cccc(-n2c(N)nc3cccnc32)c1Br. The molecule has 0 saturated heterocycles. The largest absolute Gasteiger partial charge is 0.369 e. The van der Waals surface area contributed by atoms with Gasteiger partial charge in [-0.15, -0.1) is 0 Å². The molecule has 0 amide bonds. The molecule has 0 atom stereocenters. The molecule has 0 spiro atoms. The zero-order valence-corrected chi connectivity index (χ0v) is 11.3. The minimum absolute atomic E-state index is 0.440. The smallest absolute Gasteiger partial charge is 0.207 e. The first-order valence-corrected chi connectivity index (χ1v) is 6.32. The first-order valence-electron chi connectivity index (χ1n) is 5.53. The average Bonchev–Trinajstić information content (AvgIpc) is 2.69. The lowest BCUT2D eigenvalue weighted by Gasteiger charge is -2.09. The summed E-state index contributed by atoms with van der Waals surface area (Å²) < 4.78 is 2.86. The number of hydrogen-bond acceptors (Lipinski definition) is 3. The summed E-state index contributed by atoms with van der Waals surface area (Å²) in [5.74, 6) is 0.440. The van der Waals surface area contributed by atoms with Crippen molar-refractivity contribution in [3.8, 4) is 5.69 Å². The minimum Gasteiger partial charge on any atom is -0.369 e. The normalized spacial score (nSPS) is 11.0. The van der Waals surface area contributed by atoms with Crippen LogP contribution in [-0.2, 0) is 0 Å². The van der Waals surface area contributed by atoms with E-state index in [2.05, 4.69) is 25.9 Å². The standard InChI is InChI=1S/C13H11BrN4/c1-8-4-2-6-10(11(8)14)18-12-9(17-13(18)15)5-3-7-16-12/h2-7H,1H3,(H2,15,17). The molecule has 3 aromatic rings. The Morgan fingerprint density at radius 2 is 2.06 bits per heavy atom. The molecule has 0 fully saturated rings. The van der Waals surface area contributed by atoms with Gasteiger partial charge in [0.1, 0.15) is 5.52 Å². The first-order chi connectivity index (χ1) is 8.68. The molecule has 3 rings (SSSR count). The van der Waals surface area contributed by atoms with Crippen molar-refractivity contribution in [3.05, 3.63) is 46.6 Å². The van der Waals surface area contributed by atoms with Gasteiger partial charge in [-0.1, -0.05) is 12.1 Å². The van der Waals surface area contributed by atoms with Crippen LogP contribution in [0, 0.1) is 6.92 Å². The fourth-order valence-electron chi connectivity index (χ4n) is 1.97. The number of nitrogen functional groups attached to an aromatic ring is 1. The molecule has 4 nitrogen and oxygen atoms in total. The van der Waals surface area contributed by atoms with Gasteiger partial charge in [0, 0.05) is 10.7 Å². The van der Waals surface area contributed by atoms with Crippen LogP contribution in [0.4, 0.5) is 5.95 Å². The van der Waals surface area contributed by atoms with Gasteiger partial charge in [0.2, 0.25) is 5.95 Å². The molecule has 0 aliphatic rings. The van der Waals surface area contributed by atoms with Crippen LogP contribution in [-0.4, -0.2) is 14.5 Å². The summed E-state index contributed by atoms with van der Waals surface area (Å²) in [5, 5.41) is 0. The van der Waals surface area contributed by atoms with Crippen LogP contribution in [0.25, 0.3) is 16.9 Å². The quantitative estimate of drug-likeness (QED) is 0.751. The molecule has 0 saturated carbocycles. The average molecular weight is 303 g/mol. The topological polar surface area (TPSA) is 56.7 Å². The third kappa shape index (κ3) is 1.59. The van der Waals surface area contributed by atoms with Crippen LogP contribution < -0.4 is 5.73 Å². The zero-order chi connectivity index (χ0) is 12.7. The van der Waals surface area contributed by atoms with Crippen molar-refractivity contribution in [1.82, 2.24) is 14.5 Å². The Bertz CT molecular complexity index is 733. The molecule has 1 aromatic carbocycles. The number of nitrogens with zero attached hydrogens (tertiary/aromatic N) is 3. The van der Waals surface area contributed by atoms with Crippen molar-refractivity contribution in [1.29, 1.82) is 0 Å². The van der Waals surface area contributed by atoms with Crippen molar-refractivity contribution in [2.24, 2.45) is 0 Å². The second kappa shape index (κ2) is 4.10. The van der Waals surface area contributed by atoms with Crippen molar-refractivity contribution in [2.75, 3.05) is 5.73 Å². The number of aryl methyl sites for hydroxylation is 1. The molecule has 2 heterocycles. The van der Waals surface area contributed by atoms with Gasteiger partial charge in [0.25, 0.3) is 0 Å². The molecule has 0 aliphatic carbocycles. The molecule has 0 bridgehead atoms. The van der Waals surface area contributed by atoms with Crippen molar-refractivity contribution < 1.29 is 0 Å². The van der Waals surface area contributed by atoms with Gasteiger partial charge >= 0.3 is 0 Å². The van der Waals surface area contributed by atoms with E-state index in [0.717, 1.165) is 26.9 Å². The number of fused-ring (bicyclic) bond motifs is 1. The van der Waals surface area contributed by atoms with Crippen LogP contribution in [0.1, 0.15) is 5.56 Å².